The first-order valence-electron chi connectivity index (χ1n) is 10.3. The van der Waals surface area contributed by atoms with Gasteiger partial charge in [-0.25, -0.2) is 22.0 Å². The van der Waals surface area contributed by atoms with Crippen molar-refractivity contribution in [3.8, 4) is 11.5 Å². The third-order valence-corrected chi connectivity index (χ3v) is 7.27. The normalized spacial score (nSPS) is 11.4. The standard InChI is InChI=1S/C22H31F5OSi/c1-4-28-15-13-11-9-7-5-6-8-10-12-14-16-29(2,3)22-20(26)18(24)17(23)19(25)21(22)27/h4-13,15H2,1-3H3. The van der Waals surface area contributed by atoms with Crippen LogP contribution >= 0.6 is 0 Å². The second-order valence-corrected chi connectivity index (χ2v) is 11.6. The Hall–Kier alpha value is -1.39. The van der Waals surface area contributed by atoms with E-state index < -0.39 is 42.3 Å². The summed E-state index contributed by atoms with van der Waals surface area (Å²) in [5.74, 6) is -6.56. The molecule has 0 heterocycles. The van der Waals surface area contributed by atoms with Crippen molar-refractivity contribution < 1.29 is 26.7 Å². The van der Waals surface area contributed by atoms with E-state index in [1.807, 2.05) is 6.92 Å². The zero-order valence-corrected chi connectivity index (χ0v) is 18.6. The van der Waals surface area contributed by atoms with Crippen LogP contribution in [0.15, 0.2) is 0 Å². The van der Waals surface area contributed by atoms with Crippen LogP contribution in [0.5, 0.6) is 0 Å². The Morgan fingerprint density at radius 3 is 1.66 bits per heavy atom. The zero-order valence-electron chi connectivity index (χ0n) is 17.6. The summed E-state index contributed by atoms with van der Waals surface area (Å²) in [7, 11) is -3.12. The van der Waals surface area contributed by atoms with Crippen molar-refractivity contribution in [2.45, 2.75) is 77.8 Å². The minimum absolute atomic E-state index is 0.556. The van der Waals surface area contributed by atoms with Gasteiger partial charge in [-0.15, -0.1) is 11.5 Å². The van der Waals surface area contributed by atoms with Gasteiger partial charge in [0, 0.05) is 24.8 Å². The van der Waals surface area contributed by atoms with Crippen LogP contribution < -0.4 is 5.19 Å². The lowest BCUT2D eigenvalue weighted by molar-refractivity contribution is 0.143. The number of ether oxygens (including phenoxy) is 1. The second-order valence-electron chi connectivity index (χ2n) is 7.65. The molecule has 1 nitrogen and oxygen atoms in total. The Balaban J connectivity index is 2.39. The number of hydrogen-bond donors (Lipinski definition) is 0. The molecule has 0 unspecified atom stereocenters. The van der Waals surface area contributed by atoms with Gasteiger partial charge >= 0.3 is 0 Å². The van der Waals surface area contributed by atoms with E-state index in [4.69, 9.17) is 4.74 Å². The smallest absolute Gasteiger partial charge is 0.200 e. The van der Waals surface area contributed by atoms with Crippen LogP contribution in [0.2, 0.25) is 13.1 Å². The molecule has 1 aromatic rings. The van der Waals surface area contributed by atoms with E-state index in [1.54, 1.807) is 0 Å². The summed E-state index contributed by atoms with van der Waals surface area (Å²) in [6, 6.07) is 0. The fourth-order valence-corrected chi connectivity index (χ4v) is 5.13. The summed E-state index contributed by atoms with van der Waals surface area (Å²) in [6.07, 6.45) is 9.37. The first-order valence-corrected chi connectivity index (χ1v) is 13.3. The summed E-state index contributed by atoms with van der Waals surface area (Å²) in [6.45, 7) is 6.57. The minimum Gasteiger partial charge on any atom is -0.382 e. The maximum Gasteiger partial charge on any atom is 0.200 e. The summed E-state index contributed by atoms with van der Waals surface area (Å²) in [5, 5.41) is -0.745. The molecule has 1 aromatic carbocycles. The van der Waals surface area contributed by atoms with Gasteiger partial charge in [0.25, 0.3) is 0 Å². The molecule has 0 saturated carbocycles. The van der Waals surface area contributed by atoms with Crippen molar-refractivity contribution in [3.05, 3.63) is 29.1 Å². The predicted molar refractivity (Wildman–Crippen MR) is 109 cm³/mol. The molecule has 0 amide bonds. The van der Waals surface area contributed by atoms with Crippen LogP contribution in [0, 0.1) is 40.6 Å². The Morgan fingerprint density at radius 1 is 0.690 bits per heavy atom. The van der Waals surface area contributed by atoms with Gasteiger partial charge in [0.15, 0.2) is 31.3 Å². The van der Waals surface area contributed by atoms with E-state index in [1.165, 1.54) is 32.4 Å². The molecule has 0 fully saturated rings. The van der Waals surface area contributed by atoms with Gasteiger partial charge in [0.05, 0.1) is 0 Å². The number of halogens is 5. The van der Waals surface area contributed by atoms with Crippen molar-refractivity contribution >= 4 is 13.3 Å². The van der Waals surface area contributed by atoms with Crippen LogP contribution in [0.25, 0.3) is 0 Å². The molecule has 0 aliphatic rings. The molecule has 0 bridgehead atoms. The van der Waals surface area contributed by atoms with Gasteiger partial charge in [-0.2, -0.15) is 0 Å². The fourth-order valence-electron chi connectivity index (χ4n) is 3.12. The maximum absolute atomic E-state index is 14.0. The minimum atomic E-state index is -3.12. The van der Waals surface area contributed by atoms with Crippen LogP contribution in [0.4, 0.5) is 22.0 Å². The molecule has 0 aliphatic heterocycles. The molecule has 1 rings (SSSR count). The molecular weight excluding hydrogens is 403 g/mol. The molecule has 0 N–H and O–H groups in total. The molecule has 0 aliphatic carbocycles. The molecule has 0 saturated heterocycles. The fraction of sp³-hybridized carbons (Fsp3) is 0.636. The van der Waals surface area contributed by atoms with Crippen LogP contribution in [-0.2, 0) is 4.74 Å². The lowest BCUT2D eigenvalue weighted by Crippen LogP contribution is -2.46. The van der Waals surface area contributed by atoms with E-state index in [9.17, 15) is 22.0 Å². The highest BCUT2D eigenvalue weighted by atomic mass is 28.3. The highest BCUT2D eigenvalue weighted by Crippen LogP contribution is 2.19. The quantitative estimate of drug-likeness (QED) is 0.0925. The first-order chi connectivity index (χ1) is 13.7. The van der Waals surface area contributed by atoms with Crippen molar-refractivity contribution in [2.24, 2.45) is 0 Å². The number of hydrogen-bond acceptors (Lipinski definition) is 1. The van der Waals surface area contributed by atoms with E-state index in [0.717, 1.165) is 45.3 Å². The summed E-state index contributed by atoms with van der Waals surface area (Å²) in [5.41, 5.74) is 2.81. The molecule has 0 atom stereocenters. The lowest BCUT2D eigenvalue weighted by atomic mass is 10.1. The van der Waals surface area contributed by atoms with Crippen LogP contribution in [0.1, 0.15) is 64.7 Å². The maximum atomic E-state index is 14.0. The van der Waals surface area contributed by atoms with E-state index in [-0.39, 0.29) is 0 Å². The Morgan fingerprint density at radius 2 is 1.14 bits per heavy atom. The van der Waals surface area contributed by atoms with Crippen molar-refractivity contribution in [1.29, 1.82) is 0 Å². The van der Waals surface area contributed by atoms with Crippen molar-refractivity contribution in [1.82, 2.24) is 0 Å². The van der Waals surface area contributed by atoms with Gasteiger partial charge < -0.3 is 4.74 Å². The Kier molecular flexibility index (Phi) is 11.5. The number of unbranched alkanes of at least 4 members (excludes halogenated alkanes) is 8. The van der Waals surface area contributed by atoms with E-state index >= 15 is 0 Å². The molecule has 0 spiro atoms. The Bertz CT molecular complexity index is 680. The topological polar surface area (TPSA) is 9.23 Å². The summed E-state index contributed by atoms with van der Waals surface area (Å²) in [4.78, 5) is 0. The second kappa shape index (κ2) is 13.0. The van der Waals surface area contributed by atoms with Gasteiger partial charge in [-0.1, -0.05) is 51.6 Å². The molecule has 7 heteroatoms. The number of benzene rings is 1. The van der Waals surface area contributed by atoms with Crippen molar-refractivity contribution in [2.75, 3.05) is 13.2 Å². The Labute approximate surface area is 172 Å². The molecule has 29 heavy (non-hydrogen) atoms. The average Bonchev–Trinajstić information content (AvgIpc) is 2.68. The largest absolute Gasteiger partial charge is 0.382 e. The monoisotopic (exact) mass is 434 g/mol. The predicted octanol–water partition coefficient (Wildman–Crippen LogP) is 6.39. The third kappa shape index (κ3) is 8.10. The summed E-state index contributed by atoms with van der Waals surface area (Å²) < 4.78 is 73.4. The zero-order chi connectivity index (χ0) is 21.9. The SMILES string of the molecule is CCOCCCCCCCCCCC#C[Si](C)(C)c1c(F)c(F)c(F)c(F)c1F. The van der Waals surface area contributed by atoms with Gasteiger partial charge in [-0.3, -0.25) is 0 Å². The van der Waals surface area contributed by atoms with Gasteiger partial charge in [0.2, 0.25) is 5.82 Å². The van der Waals surface area contributed by atoms with Crippen molar-refractivity contribution in [3.63, 3.8) is 0 Å². The lowest BCUT2D eigenvalue weighted by Gasteiger charge is -2.18. The molecular formula is C22H31F5OSi. The average molecular weight is 435 g/mol. The molecule has 0 aromatic heterocycles. The van der Waals surface area contributed by atoms with E-state index in [0.29, 0.717) is 6.42 Å². The first kappa shape index (κ1) is 25.6. The number of rotatable bonds is 12. The highest BCUT2D eigenvalue weighted by molar-refractivity contribution is 6.96. The van der Waals surface area contributed by atoms with Crippen LogP contribution in [-0.4, -0.2) is 21.3 Å². The highest BCUT2D eigenvalue weighted by Gasteiger charge is 2.35. The van der Waals surface area contributed by atoms with Gasteiger partial charge in [0.1, 0.15) is 0 Å². The summed E-state index contributed by atoms with van der Waals surface area (Å²) >= 11 is 0. The van der Waals surface area contributed by atoms with Gasteiger partial charge in [-0.05, 0) is 19.8 Å². The van der Waals surface area contributed by atoms with Crippen LogP contribution in [0.3, 0.4) is 0 Å². The van der Waals surface area contributed by atoms with E-state index in [2.05, 4.69) is 11.5 Å². The molecule has 0 radical (unpaired) electrons. The molecule has 164 valence electrons. The third-order valence-electron chi connectivity index (χ3n) is 4.78.